The maximum Gasteiger partial charge on any atom is 0.254 e. The highest BCUT2D eigenvalue weighted by atomic mass is 31.1. The van der Waals surface area contributed by atoms with Gasteiger partial charge in [0.05, 0.1) is 0 Å². The van der Waals surface area contributed by atoms with Crippen molar-refractivity contribution in [2.24, 2.45) is 0 Å². The lowest BCUT2D eigenvalue weighted by atomic mass is 10.1. The quantitative estimate of drug-likeness (QED) is 0.760. The van der Waals surface area contributed by atoms with Crippen molar-refractivity contribution in [2.75, 3.05) is 6.66 Å². The van der Waals surface area contributed by atoms with Gasteiger partial charge in [-0.1, -0.05) is 48.5 Å². The Hall–Kier alpha value is -1.66. The molecule has 0 radical (unpaired) electrons. The number of carbonyl (C=O) groups excluding carboxylic acids is 1. The number of rotatable bonds is 5. The second kappa shape index (κ2) is 7.75. The van der Waals surface area contributed by atoms with E-state index in [1.165, 1.54) is 5.30 Å². The fraction of sp³-hybridized carbons (Fsp3) is 0.350. The maximum atomic E-state index is 13.1. The van der Waals surface area contributed by atoms with Gasteiger partial charge in [0.25, 0.3) is 5.91 Å². The molecule has 0 aromatic heterocycles. The van der Waals surface area contributed by atoms with Crippen molar-refractivity contribution in [2.45, 2.75) is 39.8 Å². The summed E-state index contributed by atoms with van der Waals surface area (Å²) in [5.41, 5.74) is 0.840. The Kier molecular flexibility index (Phi) is 5.96. The topological polar surface area (TPSA) is 20.3 Å². The first kappa shape index (κ1) is 17.7. The Labute approximate surface area is 141 Å². The lowest BCUT2D eigenvalue weighted by molar-refractivity contribution is 0.0645. The van der Waals surface area contributed by atoms with Crippen LogP contribution in [-0.4, -0.2) is 29.6 Å². The average molecular weight is 327 g/mol. The molecule has 1 unspecified atom stereocenters. The lowest BCUT2D eigenvalue weighted by Crippen LogP contribution is -2.43. The van der Waals surface area contributed by atoms with E-state index in [9.17, 15) is 4.79 Å². The number of carbonyl (C=O) groups is 1. The summed E-state index contributed by atoms with van der Waals surface area (Å²) in [5, 5.41) is 2.45. The zero-order valence-corrected chi connectivity index (χ0v) is 15.5. The molecule has 0 aliphatic heterocycles. The minimum atomic E-state index is -0.535. The Morgan fingerprint density at radius 3 is 1.96 bits per heavy atom. The number of amides is 1. The van der Waals surface area contributed by atoms with Crippen LogP contribution in [0.5, 0.6) is 0 Å². The summed E-state index contributed by atoms with van der Waals surface area (Å²) in [7, 11) is -0.535. The highest BCUT2D eigenvalue weighted by Crippen LogP contribution is 2.30. The molecule has 0 heterocycles. The summed E-state index contributed by atoms with van der Waals surface area (Å²) < 4.78 is 0. The van der Waals surface area contributed by atoms with Gasteiger partial charge in [0.1, 0.15) is 0 Å². The summed E-state index contributed by atoms with van der Waals surface area (Å²) in [6.07, 6.45) is 0. The third-order valence-corrected chi connectivity index (χ3v) is 6.17. The highest BCUT2D eigenvalue weighted by Gasteiger charge is 2.25. The molecule has 2 nitrogen and oxygen atoms in total. The van der Waals surface area contributed by atoms with Crippen LogP contribution < -0.4 is 10.6 Å². The molecule has 0 fully saturated rings. The van der Waals surface area contributed by atoms with Crippen molar-refractivity contribution in [3.8, 4) is 0 Å². The zero-order chi connectivity index (χ0) is 17.0. The molecule has 0 N–H and O–H groups in total. The maximum absolute atomic E-state index is 13.1. The van der Waals surface area contributed by atoms with Crippen LogP contribution in [0.15, 0.2) is 54.6 Å². The van der Waals surface area contributed by atoms with Crippen molar-refractivity contribution in [3.05, 3.63) is 60.2 Å². The van der Waals surface area contributed by atoms with Gasteiger partial charge >= 0.3 is 0 Å². The minimum absolute atomic E-state index is 0.135. The number of benzene rings is 2. The fourth-order valence-electron chi connectivity index (χ4n) is 2.94. The van der Waals surface area contributed by atoms with E-state index in [1.807, 2.05) is 29.2 Å². The second-order valence-electron chi connectivity index (χ2n) is 6.31. The van der Waals surface area contributed by atoms with Crippen LogP contribution in [0.2, 0.25) is 0 Å². The zero-order valence-electron chi connectivity index (χ0n) is 14.7. The molecule has 0 aliphatic rings. The Balaban J connectivity index is 2.43. The molecule has 122 valence electrons. The first-order valence-electron chi connectivity index (χ1n) is 8.14. The summed E-state index contributed by atoms with van der Waals surface area (Å²) in [4.78, 5) is 15.1. The van der Waals surface area contributed by atoms with Crippen LogP contribution in [0.1, 0.15) is 38.1 Å². The molecule has 0 aliphatic carbocycles. The predicted octanol–water partition coefficient (Wildman–Crippen LogP) is 4.01. The summed E-state index contributed by atoms with van der Waals surface area (Å²) >= 11 is 0. The molecule has 1 amide bonds. The Bertz CT molecular complexity index is 644. The monoisotopic (exact) mass is 327 g/mol. The second-order valence-corrected chi connectivity index (χ2v) is 8.43. The largest absolute Gasteiger partial charge is 0.334 e. The van der Waals surface area contributed by atoms with E-state index in [1.54, 1.807) is 0 Å². The van der Waals surface area contributed by atoms with Gasteiger partial charge in [0, 0.05) is 17.6 Å². The number of nitrogens with zero attached hydrogens (tertiary/aromatic N) is 1. The van der Waals surface area contributed by atoms with E-state index in [0.29, 0.717) is 0 Å². The molecule has 0 spiro atoms. The van der Waals surface area contributed by atoms with E-state index >= 15 is 0 Å². The Morgan fingerprint density at radius 2 is 1.39 bits per heavy atom. The van der Waals surface area contributed by atoms with Crippen molar-refractivity contribution < 1.29 is 4.79 Å². The minimum Gasteiger partial charge on any atom is -0.334 e. The molecule has 0 saturated carbocycles. The van der Waals surface area contributed by atoms with Crippen molar-refractivity contribution >= 4 is 24.4 Å². The van der Waals surface area contributed by atoms with Gasteiger partial charge in [0.2, 0.25) is 0 Å². The first-order valence-corrected chi connectivity index (χ1v) is 9.92. The van der Waals surface area contributed by atoms with Gasteiger partial charge in [0.15, 0.2) is 0 Å². The summed E-state index contributed by atoms with van der Waals surface area (Å²) in [5.74, 6) is 0.135. The van der Waals surface area contributed by atoms with E-state index in [4.69, 9.17) is 0 Å². The molecular weight excluding hydrogens is 301 g/mol. The molecule has 2 aromatic carbocycles. The SMILES string of the molecule is CC(C)N(C(=O)c1ccccc1P(C)c1ccccc1)C(C)C. The molecule has 3 heteroatoms. The van der Waals surface area contributed by atoms with Crippen LogP contribution in [0.3, 0.4) is 0 Å². The predicted molar refractivity (Wildman–Crippen MR) is 101 cm³/mol. The van der Waals surface area contributed by atoms with Gasteiger partial charge in [-0.15, -0.1) is 0 Å². The van der Waals surface area contributed by atoms with Gasteiger partial charge in [-0.25, -0.2) is 0 Å². The van der Waals surface area contributed by atoms with Crippen molar-refractivity contribution in [1.29, 1.82) is 0 Å². The molecular formula is C20H26NOP. The molecule has 2 aromatic rings. The summed E-state index contributed by atoms with van der Waals surface area (Å²) in [6, 6.07) is 18.9. The van der Waals surface area contributed by atoms with Crippen LogP contribution >= 0.6 is 7.92 Å². The standard InChI is InChI=1S/C20H26NOP/c1-15(2)21(16(3)4)20(22)18-13-9-10-14-19(18)23(5)17-11-7-6-8-12-17/h6-16H,1-5H3. The first-order chi connectivity index (χ1) is 10.9. The molecule has 0 bridgehead atoms. The van der Waals surface area contributed by atoms with E-state index < -0.39 is 7.92 Å². The molecule has 1 atom stereocenters. The third-order valence-electron chi connectivity index (χ3n) is 3.99. The van der Waals surface area contributed by atoms with Gasteiger partial charge in [-0.2, -0.15) is 0 Å². The molecule has 23 heavy (non-hydrogen) atoms. The Morgan fingerprint density at radius 1 is 0.870 bits per heavy atom. The van der Waals surface area contributed by atoms with Gasteiger partial charge in [-0.3, -0.25) is 4.79 Å². The smallest absolute Gasteiger partial charge is 0.254 e. The average Bonchev–Trinajstić information content (AvgIpc) is 2.54. The highest BCUT2D eigenvalue weighted by molar-refractivity contribution is 7.72. The fourth-order valence-corrected chi connectivity index (χ4v) is 4.68. The lowest BCUT2D eigenvalue weighted by Gasteiger charge is -2.32. The normalized spacial score (nSPS) is 12.5. The van der Waals surface area contributed by atoms with Gasteiger partial charge in [-0.05, 0) is 59.0 Å². The van der Waals surface area contributed by atoms with Crippen LogP contribution in [-0.2, 0) is 0 Å². The van der Waals surface area contributed by atoms with Crippen molar-refractivity contribution in [3.63, 3.8) is 0 Å². The van der Waals surface area contributed by atoms with E-state index in [-0.39, 0.29) is 18.0 Å². The number of hydrogen-bond acceptors (Lipinski definition) is 1. The third kappa shape index (κ3) is 4.00. The molecule has 0 saturated heterocycles. The summed E-state index contributed by atoms with van der Waals surface area (Å²) in [6.45, 7) is 10.5. The van der Waals surface area contributed by atoms with Gasteiger partial charge < -0.3 is 4.90 Å². The van der Waals surface area contributed by atoms with Crippen molar-refractivity contribution in [1.82, 2.24) is 4.90 Å². The van der Waals surface area contributed by atoms with Crippen LogP contribution in [0.4, 0.5) is 0 Å². The number of hydrogen-bond donors (Lipinski definition) is 0. The van der Waals surface area contributed by atoms with Crippen LogP contribution in [0, 0.1) is 0 Å². The van der Waals surface area contributed by atoms with Crippen LogP contribution in [0.25, 0.3) is 0 Å². The molecule has 2 rings (SSSR count). The van der Waals surface area contributed by atoms with E-state index in [2.05, 4.69) is 64.7 Å². The van der Waals surface area contributed by atoms with E-state index in [0.717, 1.165) is 10.9 Å².